The van der Waals surface area contributed by atoms with Crippen molar-refractivity contribution in [3.63, 3.8) is 0 Å². The Kier molecular flexibility index (Phi) is 5.59. The Hall–Kier alpha value is -0.0277. The molecule has 0 fully saturated rings. The number of hydrogen-bond acceptors (Lipinski definition) is 1. The number of rotatable bonds is 2. The van der Waals surface area contributed by atoms with Gasteiger partial charge in [-0.1, -0.05) is 12.1 Å². The van der Waals surface area contributed by atoms with E-state index in [1.165, 1.54) is 5.88 Å². The van der Waals surface area contributed by atoms with Gasteiger partial charge in [-0.2, -0.15) is 0 Å². The van der Waals surface area contributed by atoms with E-state index >= 15 is 0 Å². The predicted octanol–water partition coefficient (Wildman–Crippen LogP) is 2.44. The SMILES string of the molecule is COc1ccc([CH]Cl)cc1.[Pd]. The van der Waals surface area contributed by atoms with Crippen molar-refractivity contribution >= 4 is 11.6 Å². The minimum atomic E-state index is 0. The van der Waals surface area contributed by atoms with Gasteiger partial charge < -0.3 is 4.74 Å². The van der Waals surface area contributed by atoms with Crippen molar-refractivity contribution in [3.05, 3.63) is 35.7 Å². The van der Waals surface area contributed by atoms with Crippen LogP contribution >= 0.6 is 11.6 Å². The van der Waals surface area contributed by atoms with Gasteiger partial charge in [0.15, 0.2) is 0 Å². The van der Waals surface area contributed by atoms with Gasteiger partial charge in [0.2, 0.25) is 0 Å². The zero-order chi connectivity index (χ0) is 7.40. The third-order valence-corrected chi connectivity index (χ3v) is 1.49. The summed E-state index contributed by atoms with van der Waals surface area (Å²) in [6.45, 7) is 0. The monoisotopic (exact) mass is 261 g/mol. The van der Waals surface area contributed by atoms with E-state index in [1.807, 2.05) is 24.3 Å². The summed E-state index contributed by atoms with van der Waals surface area (Å²) in [6.07, 6.45) is 0. The number of benzene rings is 1. The smallest absolute Gasteiger partial charge is 0.118 e. The van der Waals surface area contributed by atoms with Crippen LogP contribution in [0.4, 0.5) is 0 Å². The molecule has 1 aromatic carbocycles. The molecule has 0 aliphatic carbocycles. The number of ether oxygens (including phenoxy) is 1. The van der Waals surface area contributed by atoms with E-state index < -0.39 is 0 Å². The third kappa shape index (κ3) is 3.25. The third-order valence-electron chi connectivity index (χ3n) is 1.24. The van der Waals surface area contributed by atoms with Crippen molar-refractivity contribution in [1.82, 2.24) is 0 Å². The zero-order valence-electron chi connectivity index (χ0n) is 5.99. The normalized spacial score (nSPS) is 8.55. The second-order valence-corrected chi connectivity index (χ2v) is 2.10. The van der Waals surface area contributed by atoms with E-state index in [-0.39, 0.29) is 20.4 Å². The van der Waals surface area contributed by atoms with E-state index in [1.54, 1.807) is 7.11 Å². The van der Waals surface area contributed by atoms with Gasteiger partial charge >= 0.3 is 0 Å². The van der Waals surface area contributed by atoms with Crippen molar-refractivity contribution < 1.29 is 25.2 Å². The van der Waals surface area contributed by atoms with Crippen LogP contribution in [0.1, 0.15) is 5.56 Å². The first-order valence-corrected chi connectivity index (χ1v) is 3.38. The van der Waals surface area contributed by atoms with Crippen molar-refractivity contribution in [2.45, 2.75) is 0 Å². The number of halogens is 1. The maximum Gasteiger partial charge on any atom is 0.118 e. The molecular formula is C8H8ClOPd. The van der Waals surface area contributed by atoms with E-state index in [0.29, 0.717) is 0 Å². The van der Waals surface area contributed by atoms with Crippen LogP contribution in [0, 0.1) is 5.88 Å². The van der Waals surface area contributed by atoms with Crippen LogP contribution in [-0.4, -0.2) is 7.11 Å². The molecule has 1 rings (SSSR count). The zero-order valence-corrected chi connectivity index (χ0v) is 8.30. The Morgan fingerprint density at radius 1 is 1.27 bits per heavy atom. The van der Waals surface area contributed by atoms with Gasteiger partial charge in [0, 0.05) is 20.4 Å². The first-order valence-electron chi connectivity index (χ1n) is 2.94. The van der Waals surface area contributed by atoms with Gasteiger partial charge in [-0.05, 0) is 17.7 Å². The molecule has 11 heavy (non-hydrogen) atoms. The van der Waals surface area contributed by atoms with Crippen LogP contribution in [0.2, 0.25) is 0 Å². The molecule has 0 saturated carbocycles. The number of hydrogen-bond donors (Lipinski definition) is 0. The van der Waals surface area contributed by atoms with Gasteiger partial charge in [-0.15, -0.1) is 11.6 Å². The first kappa shape index (κ1) is 11.0. The van der Waals surface area contributed by atoms with Crippen LogP contribution in [0.15, 0.2) is 24.3 Å². The van der Waals surface area contributed by atoms with Gasteiger partial charge in [-0.3, -0.25) is 0 Å². The average Bonchev–Trinajstić information content (AvgIpc) is 2.05. The molecule has 1 aromatic rings. The van der Waals surface area contributed by atoms with Gasteiger partial charge in [-0.25, -0.2) is 0 Å². The molecule has 0 unspecified atom stereocenters. The first-order chi connectivity index (χ1) is 4.86. The molecule has 0 bridgehead atoms. The Morgan fingerprint density at radius 3 is 2.18 bits per heavy atom. The summed E-state index contributed by atoms with van der Waals surface area (Å²) in [6, 6.07) is 7.53. The Balaban J connectivity index is 0.000001000. The summed E-state index contributed by atoms with van der Waals surface area (Å²) >= 11 is 5.46. The van der Waals surface area contributed by atoms with Crippen LogP contribution in [0.25, 0.3) is 0 Å². The molecule has 0 aromatic heterocycles. The molecule has 0 amide bonds. The maximum atomic E-state index is 5.46. The summed E-state index contributed by atoms with van der Waals surface area (Å²) in [5.41, 5.74) is 0.988. The van der Waals surface area contributed by atoms with Crippen molar-refractivity contribution in [2.75, 3.05) is 7.11 Å². The number of methoxy groups -OCH3 is 1. The average molecular weight is 262 g/mol. The Bertz CT molecular complexity index is 175. The van der Waals surface area contributed by atoms with Gasteiger partial charge in [0.05, 0.1) is 13.0 Å². The largest absolute Gasteiger partial charge is 0.497 e. The fraction of sp³-hybridized carbons (Fsp3) is 0.125. The molecule has 3 heteroatoms. The quantitative estimate of drug-likeness (QED) is 0.744. The summed E-state index contributed by atoms with van der Waals surface area (Å²) in [7, 11) is 1.64. The van der Waals surface area contributed by atoms with Gasteiger partial charge in [0.25, 0.3) is 0 Å². The Morgan fingerprint density at radius 2 is 1.82 bits per heavy atom. The topological polar surface area (TPSA) is 9.23 Å². The molecule has 1 nitrogen and oxygen atoms in total. The van der Waals surface area contributed by atoms with Crippen molar-refractivity contribution in [1.29, 1.82) is 0 Å². The van der Waals surface area contributed by atoms with Crippen molar-refractivity contribution in [2.24, 2.45) is 0 Å². The van der Waals surface area contributed by atoms with E-state index in [9.17, 15) is 0 Å². The predicted molar refractivity (Wildman–Crippen MR) is 42.2 cm³/mol. The molecule has 0 atom stereocenters. The second kappa shape index (κ2) is 5.60. The molecule has 0 saturated heterocycles. The molecule has 0 N–H and O–H groups in total. The van der Waals surface area contributed by atoms with Crippen LogP contribution in [0.5, 0.6) is 5.75 Å². The van der Waals surface area contributed by atoms with E-state index in [2.05, 4.69) is 0 Å². The standard InChI is InChI=1S/C8H8ClO.Pd/c1-10-8-4-2-7(6-9)3-5-8;/h2-6H,1H3;. The van der Waals surface area contributed by atoms with Crippen LogP contribution in [0.3, 0.4) is 0 Å². The Labute approximate surface area is 85.4 Å². The van der Waals surface area contributed by atoms with E-state index in [4.69, 9.17) is 16.3 Å². The van der Waals surface area contributed by atoms with Crippen LogP contribution in [-0.2, 0) is 20.4 Å². The van der Waals surface area contributed by atoms with Crippen LogP contribution < -0.4 is 4.74 Å². The molecule has 0 spiro atoms. The van der Waals surface area contributed by atoms with Gasteiger partial charge in [0.1, 0.15) is 5.75 Å². The summed E-state index contributed by atoms with van der Waals surface area (Å²) < 4.78 is 4.96. The molecule has 0 aliphatic rings. The fourth-order valence-corrected chi connectivity index (χ4v) is 0.822. The molecule has 0 aliphatic heterocycles. The molecule has 1 radical (unpaired) electrons. The summed E-state index contributed by atoms with van der Waals surface area (Å²) in [5, 5.41) is 0. The molecule has 0 heterocycles. The van der Waals surface area contributed by atoms with E-state index in [0.717, 1.165) is 11.3 Å². The summed E-state index contributed by atoms with van der Waals surface area (Å²) in [5.74, 6) is 2.38. The fourth-order valence-electron chi connectivity index (χ4n) is 0.677. The summed E-state index contributed by atoms with van der Waals surface area (Å²) in [4.78, 5) is 0. The minimum Gasteiger partial charge on any atom is -0.497 e. The minimum absolute atomic E-state index is 0. The second-order valence-electron chi connectivity index (χ2n) is 1.88. The molecular weight excluding hydrogens is 254 g/mol. The maximum absolute atomic E-state index is 5.46. The van der Waals surface area contributed by atoms with Crippen molar-refractivity contribution in [3.8, 4) is 5.75 Å². The molecule has 63 valence electrons.